The second kappa shape index (κ2) is 4.28. The van der Waals surface area contributed by atoms with Gasteiger partial charge in [0, 0.05) is 16.6 Å². The molecule has 0 aliphatic carbocycles. The Labute approximate surface area is 95.3 Å². The van der Waals surface area contributed by atoms with Crippen molar-refractivity contribution in [1.29, 1.82) is 0 Å². The Morgan fingerprint density at radius 2 is 2.07 bits per heavy atom. The molecule has 0 heterocycles. The van der Waals surface area contributed by atoms with Crippen LogP contribution in [0, 0.1) is 10.1 Å². The Bertz CT molecular complexity index is 497. The van der Waals surface area contributed by atoms with E-state index in [1.165, 1.54) is 25.1 Å². The van der Waals surface area contributed by atoms with Crippen molar-refractivity contribution in [2.45, 2.75) is 11.8 Å². The molecular formula is C8H8BrNO4S. The van der Waals surface area contributed by atoms with E-state index in [-0.39, 0.29) is 20.8 Å². The van der Waals surface area contributed by atoms with E-state index >= 15 is 0 Å². The molecule has 7 heteroatoms. The van der Waals surface area contributed by atoms with Crippen molar-refractivity contribution in [1.82, 2.24) is 0 Å². The Morgan fingerprint density at radius 3 is 2.47 bits per heavy atom. The number of halogens is 1. The summed E-state index contributed by atoms with van der Waals surface area (Å²) in [6, 6.07) is 3.59. The van der Waals surface area contributed by atoms with Gasteiger partial charge < -0.3 is 0 Å². The Kier molecular flexibility index (Phi) is 3.46. The van der Waals surface area contributed by atoms with Gasteiger partial charge in [-0.05, 0) is 22.0 Å². The van der Waals surface area contributed by atoms with Crippen LogP contribution >= 0.6 is 15.9 Å². The van der Waals surface area contributed by atoms with Crippen molar-refractivity contribution >= 4 is 31.5 Å². The van der Waals surface area contributed by atoms with Gasteiger partial charge in [-0.25, -0.2) is 8.42 Å². The van der Waals surface area contributed by atoms with E-state index in [0.717, 1.165) is 0 Å². The van der Waals surface area contributed by atoms with Gasteiger partial charge >= 0.3 is 0 Å². The summed E-state index contributed by atoms with van der Waals surface area (Å²) in [5.41, 5.74) is -0.142. The molecule has 0 unspecified atom stereocenters. The predicted octanol–water partition coefficient (Wildman–Crippen LogP) is 2.15. The summed E-state index contributed by atoms with van der Waals surface area (Å²) >= 11 is 3.01. The van der Waals surface area contributed by atoms with Crippen molar-refractivity contribution in [3.05, 3.63) is 32.8 Å². The van der Waals surface area contributed by atoms with E-state index in [0.29, 0.717) is 0 Å². The van der Waals surface area contributed by atoms with Crippen LogP contribution in [0.4, 0.5) is 5.69 Å². The zero-order valence-corrected chi connectivity index (χ0v) is 10.2. The molecule has 0 aromatic heterocycles. The Balaban J connectivity index is 3.32. The first-order valence-corrected chi connectivity index (χ1v) is 6.49. The minimum Gasteiger partial charge on any atom is -0.258 e. The minimum atomic E-state index is -3.34. The van der Waals surface area contributed by atoms with Gasteiger partial charge in [-0.3, -0.25) is 10.1 Å². The molecule has 1 rings (SSSR count). The van der Waals surface area contributed by atoms with Crippen molar-refractivity contribution in [3.63, 3.8) is 0 Å². The number of benzene rings is 1. The first-order chi connectivity index (χ1) is 6.88. The molecule has 1 aromatic carbocycles. The van der Waals surface area contributed by atoms with Crippen LogP contribution in [0.5, 0.6) is 0 Å². The summed E-state index contributed by atoms with van der Waals surface area (Å²) in [5.74, 6) is -0.0383. The van der Waals surface area contributed by atoms with Gasteiger partial charge in [0.25, 0.3) is 5.69 Å². The highest BCUT2D eigenvalue weighted by Gasteiger charge is 2.18. The summed E-state index contributed by atoms with van der Waals surface area (Å²) in [6.07, 6.45) is 0. The number of hydrogen-bond donors (Lipinski definition) is 0. The van der Waals surface area contributed by atoms with E-state index in [4.69, 9.17) is 0 Å². The second-order valence-electron chi connectivity index (χ2n) is 2.78. The molecule has 5 nitrogen and oxygen atoms in total. The maximum atomic E-state index is 11.5. The van der Waals surface area contributed by atoms with Gasteiger partial charge in [-0.2, -0.15) is 0 Å². The highest BCUT2D eigenvalue weighted by atomic mass is 79.9. The molecule has 0 N–H and O–H groups in total. The van der Waals surface area contributed by atoms with E-state index in [1.807, 2.05) is 0 Å². The van der Waals surface area contributed by atoms with Crippen LogP contribution in [0.15, 0.2) is 27.6 Å². The number of nitro groups is 1. The van der Waals surface area contributed by atoms with Crippen LogP contribution in [0.1, 0.15) is 6.92 Å². The van der Waals surface area contributed by atoms with Gasteiger partial charge in [-0.15, -0.1) is 0 Å². The lowest BCUT2D eigenvalue weighted by molar-refractivity contribution is -0.385. The molecule has 0 amide bonds. The summed E-state index contributed by atoms with van der Waals surface area (Å²) in [7, 11) is -3.34. The molecule has 0 spiro atoms. The standard InChI is InChI=1S/C8H8BrNO4S/c1-2-15(13,14)8-4-3-6(10(11)12)5-7(8)9/h3-5H,2H2,1H3. The van der Waals surface area contributed by atoms with E-state index < -0.39 is 14.8 Å². The number of nitro benzene ring substituents is 1. The number of hydrogen-bond acceptors (Lipinski definition) is 4. The topological polar surface area (TPSA) is 77.3 Å². The van der Waals surface area contributed by atoms with E-state index in [9.17, 15) is 18.5 Å². The molecule has 15 heavy (non-hydrogen) atoms. The van der Waals surface area contributed by atoms with Crippen LogP contribution in [0.3, 0.4) is 0 Å². The highest BCUT2D eigenvalue weighted by molar-refractivity contribution is 9.10. The number of sulfone groups is 1. The van der Waals surface area contributed by atoms with Gasteiger partial charge in [-0.1, -0.05) is 6.92 Å². The molecule has 0 fully saturated rings. The average Bonchev–Trinajstić information content (AvgIpc) is 2.17. The number of non-ortho nitro benzene ring substituents is 1. The summed E-state index contributed by atoms with van der Waals surface area (Å²) in [6.45, 7) is 1.52. The van der Waals surface area contributed by atoms with Gasteiger partial charge in [0.15, 0.2) is 9.84 Å². The molecule has 1 aromatic rings. The Hall–Kier alpha value is -0.950. The fourth-order valence-electron chi connectivity index (χ4n) is 1.01. The fraction of sp³-hybridized carbons (Fsp3) is 0.250. The summed E-state index contributed by atoms with van der Waals surface area (Å²) in [4.78, 5) is 9.92. The SMILES string of the molecule is CCS(=O)(=O)c1ccc([N+](=O)[O-])cc1Br. The second-order valence-corrected chi connectivity index (χ2v) is 5.88. The van der Waals surface area contributed by atoms with Crippen LogP contribution in [0.2, 0.25) is 0 Å². The monoisotopic (exact) mass is 293 g/mol. The van der Waals surface area contributed by atoms with Crippen molar-refractivity contribution in [3.8, 4) is 0 Å². The van der Waals surface area contributed by atoms with Crippen molar-refractivity contribution in [2.24, 2.45) is 0 Å². The van der Waals surface area contributed by atoms with Crippen LogP contribution < -0.4 is 0 Å². The lowest BCUT2D eigenvalue weighted by Gasteiger charge is -2.03. The summed E-state index contributed by atoms with van der Waals surface area (Å²) in [5, 5.41) is 10.4. The molecule has 0 saturated carbocycles. The predicted molar refractivity (Wildman–Crippen MR) is 58.5 cm³/mol. The molecule has 0 aliphatic rings. The normalized spacial score (nSPS) is 11.3. The molecule has 0 saturated heterocycles. The average molecular weight is 294 g/mol. The highest BCUT2D eigenvalue weighted by Crippen LogP contribution is 2.27. The van der Waals surface area contributed by atoms with Gasteiger partial charge in [0.2, 0.25) is 0 Å². The van der Waals surface area contributed by atoms with E-state index in [1.54, 1.807) is 0 Å². The minimum absolute atomic E-state index is 0.0383. The number of rotatable bonds is 3. The first-order valence-electron chi connectivity index (χ1n) is 4.05. The van der Waals surface area contributed by atoms with Crippen LogP contribution in [-0.4, -0.2) is 19.1 Å². The van der Waals surface area contributed by atoms with Crippen molar-refractivity contribution in [2.75, 3.05) is 5.75 Å². The lowest BCUT2D eigenvalue weighted by Crippen LogP contribution is -2.04. The third-order valence-electron chi connectivity index (χ3n) is 1.84. The largest absolute Gasteiger partial charge is 0.270 e. The zero-order chi connectivity index (χ0) is 11.6. The molecule has 0 bridgehead atoms. The lowest BCUT2D eigenvalue weighted by atomic mass is 10.3. The Morgan fingerprint density at radius 1 is 1.47 bits per heavy atom. The zero-order valence-electron chi connectivity index (χ0n) is 7.81. The van der Waals surface area contributed by atoms with E-state index in [2.05, 4.69) is 15.9 Å². The fourth-order valence-corrected chi connectivity index (χ4v) is 3.06. The van der Waals surface area contributed by atoms with Gasteiger partial charge in [0.1, 0.15) is 0 Å². The third kappa shape index (κ3) is 2.54. The molecule has 0 atom stereocenters. The summed E-state index contributed by atoms with van der Waals surface area (Å²) < 4.78 is 23.2. The quantitative estimate of drug-likeness (QED) is 0.632. The first kappa shape index (κ1) is 12.1. The van der Waals surface area contributed by atoms with Crippen LogP contribution in [0.25, 0.3) is 0 Å². The van der Waals surface area contributed by atoms with Crippen molar-refractivity contribution < 1.29 is 13.3 Å². The smallest absolute Gasteiger partial charge is 0.258 e. The molecule has 0 aliphatic heterocycles. The molecule has 0 radical (unpaired) electrons. The maximum Gasteiger partial charge on any atom is 0.270 e. The van der Waals surface area contributed by atoms with Gasteiger partial charge in [0.05, 0.1) is 15.6 Å². The molecule has 82 valence electrons. The number of nitrogens with zero attached hydrogens (tertiary/aromatic N) is 1. The molecular weight excluding hydrogens is 286 g/mol. The van der Waals surface area contributed by atoms with Crippen LogP contribution in [-0.2, 0) is 9.84 Å². The maximum absolute atomic E-state index is 11.5. The third-order valence-corrected chi connectivity index (χ3v) is 4.55.